The van der Waals surface area contributed by atoms with Gasteiger partial charge in [-0.15, -0.1) is 0 Å². The molecule has 0 aromatic rings. The minimum Gasteiger partial charge on any atom is -0.330 e. The van der Waals surface area contributed by atoms with Crippen molar-refractivity contribution in [3.63, 3.8) is 0 Å². The summed E-state index contributed by atoms with van der Waals surface area (Å²) in [5.41, 5.74) is 5.72. The Morgan fingerprint density at radius 2 is 1.37 bits per heavy atom. The number of hydrogen-bond acceptors (Lipinski definition) is 2. The zero-order chi connectivity index (χ0) is 14.5. The minimum absolute atomic E-state index is 0.781. The van der Waals surface area contributed by atoms with E-state index in [2.05, 4.69) is 32.6 Å². The highest BCUT2D eigenvalue weighted by Gasteiger charge is 2.13. The molecule has 0 heterocycles. The number of nitrogens with two attached hydrogens (primary N) is 1. The molecule has 0 bridgehead atoms. The normalized spacial score (nSPS) is 13.4. The van der Waals surface area contributed by atoms with Gasteiger partial charge in [0, 0.05) is 0 Å². The molecular weight excluding hydrogens is 232 g/mol. The molecule has 2 N–H and O–H groups in total. The molecule has 116 valence electrons. The van der Waals surface area contributed by atoms with Crippen molar-refractivity contribution in [1.29, 1.82) is 0 Å². The van der Waals surface area contributed by atoms with E-state index in [4.69, 9.17) is 5.73 Å². The molecule has 1 unspecified atom stereocenters. The first-order valence-electron chi connectivity index (χ1n) is 8.58. The van der Waals surface area contributed by atoms with Crippen molar-refractivity contribution in [3.05, 3.63) is 0 Å². The predicted octanol–water partition coefficient (Wildman–Crippen LogP) is 4.29. The van der Waals surface area contributed by atoms with Crippen LogP contribution in [0.4, 0.5) is 0 Å². The van der Waals surface area contributed by atoms with E-state index in [1.165, 1.54) is 64.6 Å². The Morgan fingerprint density at radius 1 is 0.842 bits per heavy atom. The monoisotopic (exact) mass is 270 g/mol. The summed E-state index contributed by atoms with van der Waals surface area (Å²) in [4.78, 5) is 2.67. The molecular formula is C17H38N2. The second kappa shape index (κ2) is 12.9. The molecule has 0 aromatic carbocycles. The average Bonchev–Trinajstić information content (AvgIpc) is 2.39. The van der Waals surface area contributed by atoms with Gasteiger partial charge in [-0.1, -0.05) is 40.5 Å². The van der Waals surface area contributed by atoms with Crippen molar-refractivity contribution in [2.45, 2.75) is 72.6 Å². The van der Waals surface area contributed by atoms with E-state index >= 15 is 0 Å². The second-order valence-electron chi connectivity index (χ2n) is 6.27. The zero-order valence-electron chi connectivity index (χ0n) is 14.0. The average molecular weight is 271 g/mol. The van der Waals surface area contributed by atoms with Crippen LogP contribution in [0.2, 0.25) is 0 Å². The highest BCUT2D eigenvalue weighted by molar-refractivity contribution is 4.66. The van der Waals surface area contributed by atoms with E-state index in [1.54, 1.807) is 0 Å². The molecule has 0 radical (unpaired) electrons. The largest absolute Gasteiger partial charge is 0.330 e. The molecule has 2 heteroatoms. The Balaban J connectivity index is 3.92. The second-order valence-corrected chi connectivity index (χ2v) is 6.27. The van der Waals surface area contributed by atoms with Gasteiger partial charge < -0.3 is 10.6 Å². The fourth-order valence-corrected chi connectivity index (χ4v) is 2.70. The molecule has 0 aliphatic carbocycles. The van der Waals surface area contributed by atoms with E-state index in [0.717, 1.165) is 18.4 Å². The van der Waals surface area contributed by atoms with Gasteiger partial charge in [-0.3, -0.25) is 0 Å². The van der Waals surface area contributed by atoms with Crippen LogP contribution < -0.4 is 5.73 Å². The van der Waals surface area contributed by atoms with Gasteiger partial charge in [0.05, 0.1) is 0 Å². The third kappa shape index (κ3) is 10.4. The summed E-state index contributed by atoms with van der Waals surface area (Å²) in [5.74, 6) is 1.60. The van der Waals surface area contributed by atoms with Gasteiger partial charge in [-0.2, -0.15) is 0 Å². The van der Waals surface area contributed by atoms with Crippen molar-refractivity contribution in [3.8, 4) is 0 Å². The Kier molecular flexibility index (Phi) is 12.9. The van der Waals surface area contributed by atoms with E-state index in [1.807, 2.05) is 0 Å². The molecule has 0 rings (SSSR count). The number of rotatable bonds is 13. The summed E-state index contributed by atoms with van der Waals surface area (Å²) in [7, 11) is 0. The van der Waals surface area contributed by atoms with Crippen molar-refractivity contribution >= 4 is 0 Å². The first-order chi connectivity index (χ1) is 9.15. The van der Waals surface area contributed by atoms with Crippen molar-refractivity contribution in [2.24, 2.45) is 17.6 Å². The van der Waals surface area contributed by atoms with Gasteiger partial charge in [0.1, 0.15) is 0 Å². The Labute approximate surface area is 122 Å². The van der Waals surface area contributed by atoms with Crippen LogP contribution in [0.15, 0.2) is 0 Å². The molecule has 0 saturated carbocycles. The first-order valence-corrected chi connectivity index (χ1v) is 8.58. The fourth-order valence-electron chi connectivity index (χ4n) is 2.70. The summed E-state index contributed by atoms with van der Waals surface area (Å²) < 4.78 is 0. The summed E-state index contributed by atoms with van der Waals surface area (Å²) in [6.45, 7) is 14.0. The van der Waals surface area contributed by atoms with Crippen LogP contribution in [-0.2, 0) is 0 Å². The van der Waals surface area contributed by atoms with Gasteiger partial charge in [0.25, 0.3) is 0 Å². The number of nitrogens with zero attached hydrogens (tertiary/aromatic N) is 1. The summed E-state index contributed by atoms with van der Waals surface area (Å²) in [6.07, 6.45) is 9.20. The van der Waals surface area contributed by atoms with E-state index in [9.17, 15) is 0 Å². The van der Waals surface area contributed by atoms with E-state index in [0.29, 0.717) is 0 Å². The van der Waals surface area contributed by atoms with Gasteiger partial charge in [0.2, 0.25) is 0 Å². The molecule has 0 aliphatic heterocycles. The van der Waals surface area contributed by atoms with Gasteiger partial charge in [0.15, 0.2) is 0 Å². The molecule has 19 heavy (non-hydrogen) atoms. The van der Waals surface area contributed by atoms with Crippen LogP contribution in [0.1, 0.15) is 72.6 Å². The fraction of sp³-hybridized carbons (Fsp3) is 1.00. The van der Waals surface area contributed by atoms with Crippen LogP contribution >= 0.6 is 0 Å². The number of hydrogen-bond donors (Lipinski definition) is 1. The summed E-state index contributed by atoms with van der Waals surface area (Å²) in [6, 6.07) is 0. The molecule has 1 atom stereocenters. The molecule has 0 spiro atoms. The van der Waals surface area contributed by atoms with E-state index < -0.39 is 0 Å². The SMILES string of the molecule is CCCCN(CCCC)CCCC(CCN)C(C)C. The first kappa shape index (κ1) is 18.9. The highest BCUT2D eigenvalue weighted by Crippen LogP contribution is 2.20. The van der Waals surface area contributed by atoms with Crippen LogP contribution in [-0.4, -0.2) is 31.1 Å². The van der Waals surface area contributed by atoms with Crippen LogP contribution in [0.3, 0.4) is 0 Å². The predicted molar refractivity (Wildman–Crippen MR) is 87.5 cm³/mol. The standard InChI is InChI=1S/C17H38N2/c1-5-7-13-19(14-8-6-2)15-9-10-17(11-12-18)16(3)4/h16-17H,5-15,18H2,1-4H3. The maximum absolute atomic E-state index is 5.72. The molecule has 0 amide bonds. The quantitative estimate of drug-likeness (QED) is 0.541. The van der Waals surface area contributed by atoms with Crippen LogP contribution in [0.5, 0.6) is 0 Å². The lowest BCUT2D eigenvalue weighted by Crippen LogP contribution is -2.28. The summed E-state index contributed by atoms with van der Waals surface area (Å²) >= 11 is 0. The molecule has 0 saturated heterocycles. The molecule has 0 aromatic heterocycles. The lowest BCUT2D eigenvalue weighted by molar-refractivity contribution is 0.241. The third-order valence-corrected chi connectivity index (χ3v) is 4.19. The third-order valence-electron chi connectivity index (χ3n) is 4.19. The smallest absolute Gasteiger partial charge is 0.00186 e. The Bertz CT molecular complexity index is 172. The van der Waals surface area contributed by atoms with Gasteiger partial charge in [-0.25, -0.2) is 0 Å². The molecule has 0 fully saturated rings. The van der Waals surface area contributed by atoms with Crippen LogP contribution in [0, 0.1) is 11.8 Å². The van der Waals surface area contributed by atoms with Gasteiger partial charge in [-0.05, 0) is 70.1 Å². The minimum atomic E-state index is 0.781. The van der Waals surface area contributed by atoms with Gasteiger partial charge >= 0.3 is 0 Å². The molecule has 2 nitrogen and oxygen atoms in total. The zero-order valence-corrected chi connectivity index (χ0v) is 14.0. The summed E-state index contributed by atoms with van der Waals surface area (Å²) in [5, 5.41) is 0. The number of unbranched alkanes of at least 4 members (excludes halogenated alkanes) is 2. The lowest BCUT2D eigenvalue weighted by atomic mass is 9.88. The highest BCUT2D eigenvalue weighted by atomic mass is 15.1. The maximum atomic E-state index is 5.72. The van der Waals surface area contributed by atoms with Crippen molar-refractivity contribution in [1.82, 2.24) is 4.90 Å². The van der Waals surface area contributed by atoms with Crippen LogP contribution in [0.25, 0.3) is 0 Å². The topological polar surface area (TPSA) is 29.3 Å². The Hall–Kier alpha value is -0.0800. The lowest BCUT2D eigenvalue weighted by Gasteiger charge is -2.25. The Morgan fingerprint density at radius 3 is 1.79 bits per heavy atom. The van der Waals surface area contributed by atoms with Crippen molar-refractivity contribution < 1.29 is 0 Å². The van der Waals surface area contributed by atoms with Crippen molar-refractivity contribution in [2.75, 3.05) is 26.2 Å². The maximum Gasteiger partial charge on any atom is -0.00186 e. The van der Waals surface area contributed by atoms with E-state index in [-0.39, 0.29) is 0 Å². The molecule has 0 aliphatic rings.